The second-order valence-electron chi connectivity index (χ2n) is 10.1. The van der Waals surface area contributed by atoms with Crippen LogP contribution in [0.2, 0.25) is 0 Å². The molecule has 1 N–H and O–H groups in total. The van der Waals surface area contributed by atoms with Gasteiger partial charge in [-0.15, -0.1) is 0 Å². The van der Waals surface area contributed by atoms with Crippen molar-refractivity contribution in [3.63, 3.8) is 0 Å². The van der Waals surface area contributed by atoms with E-state index in [2.05, 4.69) is 0 Å². The Morgan fingerprint density at radius 3 is 2.16 bits per heavy atom. The smallest absolute Gasteiger partial charge is 0.465 e. The zero-order chi connectivity index (χ0) is 27.5. The number of ether oxygens (including phenoxy) is 9. The van der Waals surface area contributed by atoms with Crippen molar-refractivity contribution in [2.24, 2.45) is 5.92 Å². The summed E-state index contributed by atoms with van der Waals surface area (Å²) in [5, 5.41) is 10.6. The Hall–Kier alpha value is -2.19. The number of aliphatic hydroxyl groups is 1. The highest BCUT2D eigenvalue weighted by Crippen LogP contribution is 2.23. The summed E-state index contributed by atoms with van der Waals surface area (Å²) in [5.74, 6) is -0.116. The van der Waals surface area contributed by atoms with Gasteiger partial charge in [0.2, 0.25) is 0 Å². The lowest BCUT2D eigenvalue weighted by Crippen LogP contribution is -2.45. The number of hydrogen-bond donors (Lipinski definition) is 1. The molecule has 0 aromatic carbocycles. The Morgan fingerprint density at radius 2 is 1.59 bits per heavy atom. The van der Waals surface area contributed by atoms with Gasteiger partial charge in [0, 0.05) is 13.0 Å². The number of aliphatic hydroxyl groups excluding tert-OH is 1. The van der Waals surface area contributed by atoms with Crippen molar-refractivity contribution in [1.82, 2.24) is 0 Å². The van der Waals surface area contributed by atoms with Gasteiger partial charge in [-0.05, 0) is 40.5 Å². The molecule has 214 valence electrons. The van der Waals surface area contributed by atoms with E-state index in [0.29, 0.717) is 19.3 Å². The quantitative estimate of drug-likeness (QED) is 0.144. The van der Waals surface area contributed by atoms with Crippen LogP contribution in [-0.4, -0.2) is 113 Å². The van der Waals surface area contributed by atoms with Gasteiger partial charge < -0.3 is 47.7 Å². The van der Waals surface area contributed by atoms with E-state index >= 15 is 0 Å². The fourth-order valence-corrected chi connectivity index (χ4v) is 3.65. The van der Waals surface area contributed by atoms with Crippen LogP contribution in [0, 0.1) is 5.92 Å². The van der Waals surface area contributed by atoms with Gasteiger partial charge in [-0.3, -0.25) is 4.79 Å². The van der Waals surface area contributed by atoms with E-state index in [-0.39, 0.29) is 58.3 Å². The molecular formula is C24H40O13. The van der Waals surface area contributed by atoms with Crippen molar-refractivity contribution in [2.45, 2.75) is 76.2 Å². The second kappa shape index (κ2) is 14.7. The third-order valence-corrected chi connectivity index (χ3v) is 6.34. The van der Waals surface area contributed by atoms with Crippen molar-refractivity contribution in [3.8, 4) is 0 Å². The molecule has 0 bridgehead atoms. The van der Waals surface area contributed by atoms with Crippen LogP contribution >= 0.6 is 0 Å². The molecule has 0 saturated carbocycles. The van der Waals surface area contributed by atoms with Gasteiger partial charge in [0.15, 0.2) is 6.10 Å². The van der Waals surface area contributed by atoms with E-state index < -0.39 is 41.8 Å². The maximum atomic E-state index is 11.2. The van der Waals surface area contributed by atoms with Crippen LogP contribution in [0.3, 0.4) is 0 Å². The molecule has 2 saturated heterocycles. The molecule has 13 heteroatoms. The topological polar surface area (TPSA) is 155 Å². The summed E-state index contributed by atoms with van der Waals surface area (Å²) < 4.78 is 47.6. The Kier molecular flexibility index (Phi) is 12.3. The Balaban J connectivity index is 1.86. The van der Waals surface area contributed by atoms with E-state index in [1.807, 2.05) is 13.8 Å². The molecule has 0 aliphatic carbocycles. The Labute approximate surface area is 216 Å². The Morgan fingerprint density at radius 1 is 0.946 bits per heavy atom. The van der Waals surface area contributed by atoms with Crippen LogP contribution < -0.4 is 0 Å². The van der Waals surface area contributed by atoms with E-state index in [9.17, 15) is 19.5 Å². The molecule has 2 rings (SSSR count). The van der Waals surface area contributed by atoms with E-state index in [0.717, 1.165) is 0 Å². The van der Waals surface area contributed by atoms with Crippen molar-refractivity contribution < 1.29 is 62.1 Å². The first-order valence-electron chi connectivity index (χ1n) is 12.3. The average Bonchev–Trinajstić information content (AvgIpc) is 3.46. The summed E-state index contributed by atoms with van der Waals surface area (Å²) in [6.45, 7) is 8.37. The molecule has 13 nitrogen and oxygen atoms in total. The molecule has 2 aliphatic rings. The van der Waals surface area contributed by atoms with Gasteiger partial charge in [0.1, 0.15) is 38.1 Å². The van der Waals surface area contributed by atoms with Crippen molar-refractivity contribution in [3.05, 3.63) is 0 Å². The summed E-state index contributed by atoms with van der Waals surface area (Å²) >= 11 is 0. The number of carbonyl (C=O) groups is 3. The molecule has 0 aromatic rings. The molecule has 0 aromatic heterocycles. The normalized spacial score (nSPS) is 22.4. The van der Waals surface area contributed by atoms with Gasteiger partial charge >= 0.3 is 12.3 Å². The van der Waals surface area contributed by atoms with Gasteiger partial charge in [-0.1, -0.05) is 0 Å². The first kappa shape index (κ1) is 31.0. The zero-order valence-corrected chi connectivity index (χ0v) is 22.2. The van der Waals surface area contributed by atoms with Crippen molar-refractivity contribution in [1.29, 1.82) is 0 Å². The molecule has 5 unspecified atom stereocenters. The maximum Gasteiger partial charge on any atom is 0.508 e. The molecule has 0 spiro atoms. The number of rotatable bonds is 19. The van der Waals surface area contributed by atoms with E-state index in [1.165, 1.54) is 7.11 Å². The molecule has 2 aliphatic heterocycles. The minimum Gasteiger partial charge on any atom is -0.465 e. The number of carbonyl (C=O) groups excluding carboxylic acids is 3. The zero-order valence-electron chi connectivity index (χ0n) is 22.2. The van der Waals surface area contributed by atoms with Crippen LogP contribution in [0.1, 0.15) is 40.5 Å². The largest absolute Gasteiger partial charge is 0.508 e. The molecular weight excluding hydrogens is 496 g/mol. The monoisotopic (exact) mass is 536 g/mol. The summed E-state index contributed by atoms with van der Waals surface area (Å²) in [5.41, 5.74) is -1.75. The fourth-order valence-electron chi connectivity index (χ4n) is 3.65. The van der Waals surface area contributed by atoms with Crippen molar-refractivity contribution in [2.75, 3.05) is 53.4 Å². The molecule has 5 atom stereocenters. The van der Waals surface area contributed by atoms with Crippen LogP contribution in [-0.2, 0) is 47.4 Å². The predicted octanol–water partition coefficient (Wildman–Crippen LogP) is 1.61. The Bertz CT molecular complexity index is 725. The minimum absolute atomic E-state index is 0.0107. The molecule has 2 heterocycles. The fraction of sp³-hybridized carbons (Fsp3) is 0.875. The average molecular weight is 537 g/mol. The third kappa shape index (κ3) is 10.6. The van der Waals surface area contributed by atoms with Crippen LogP contribution in [0.25, 0.3) is 0 Å². The number of hydrogen-bond acceptors (Lipinski definition) is 13. The molecule has 37 heavy (non-hydrogen) atoms. The summed E-state index contributed by atoms with van der Waals surface area (Å²) in [6.07, 6.45) is -2.60. The lowest BCUT2D eigenvalue weighted by molar-refractivity contribution is -0.159. The van der Waals surface area contributed by atoms with Crippen LogP contribution in [0.5, 0.6) is 0 Å². The highest BCUT2D eigenvalue weighted by atomic mass is 16.8. The lowest BCUT2D eigenvalue weighted by Gasteiger charge is -2.34. The van der Waals surface area contributed by atoms with Crippen molar-refractivity contribution >= 4 is 18.8 Å². The highest BCUT2D eigenvalue weighted by Gasteiger charge is 2.35. The first-order chi connectivity index (χ1) is 17.5. The second-order valence-corrected chi connectivity index (χ2v) is 10.1. The van der Waals surface area contributed by atoms with E-state index in [1.54, 1.807) is 13.8 Å². The predicted molar refractivity (Wildman–Crippen MR) is 125 cm³/mol. The summed E-state index contributed by atoms with van der Waals surface area (Å²) in [4.78, 5) is 32.9. The molecule has 2 fully saturated rings. The SMILES string of the molecule is COC(COC=O)C(C)(C)OCC(CCC1COC(=O)O1)COCC(O)C(C)(C)OCC1COC(=O)O1. The van der Waals surface area contributed by atoms with Gasteiger partial charge in [0.05, 0.1) is 37.6 Å². The first-order valence-corrected chi connectivity index (χ1v) is 12.3. The molecule has 0 radical (unpaired) electrons. The van der Waals surface area contributed by atoms with Gasteiger partial charge in [0.25, 0.3) is 6.47 Å². The van der Waals surface area contributed by atoms with Gasteiger partial charge in [-0.25, -0.2) is 9.59 Å². The third-order valence-electron chi connectivity index (χ3n) is 6.34. The number of methoxy groups -OCH3 is 1. The van der Waals surface area contributed by atoms with Crippen LogP contribution in [0.4, 0.5) is 9.59 Å². The summed E-state index contributed by atoms with van der Waals surface area (Å²) in [6, 6.07) is 0. The molecule has 0 amide bonds. The highest BCUT2D eigenvalue weighted by molar-refractivity contribution is 5.62. The number of cyclic esters (lactones) is 4. The summed E-state index contributed by atoms with van der Waals surface area (Å²) in [7, 11) is 1.51. The minimum atomic E-state index is -0.970. The van der Waals surface area contributed by atoms with Gasteiger partial charge in [-0.2, -0.15) is 0 Å². The van der Waals surface area contributed by atoms with Crippen LogP contribution in [0.15, 0.2) is 0 Å². The maximum absolute atomic E-state index is 11.2. The standard InChI is InChI=1S/C24H40O13/c1-23(2,35-12-18-11-33-22(28)37-18)19(26)13-30-8-16(6-7-17-10-32-21(27)36-17)9-34-24(3,4)20(29-5)14-31-15-25/h15-20,26H,6-14H2,1-5H3. The van der Waals surface area contributed by atoms with E-state index in [4.69, 9.17) is 42.6 Å². The lowest BCUT2D eigenvalue weighted by atomic mass is 9.99.